The van der Waals surface area contributed by atoms with E-state index in [1.807, 2.05) is 32.0 Å². The van der Waals surface area contributed by atoms with Crippen LogP contribution in [0.1, 0.15) is 47.2 Å². The number of nitrogens with two attached hydrogens (primary N) is 2. The van der Waals surface area contributed by atoms with Crippen LogP contribution in [0.2, 0.25) is 0 Å². The predicted octanol–water partition coefficient (Wildman–Crippen LogP) is 3.36. The fraction of sp³-hybridized carbons (Fsp3) is 0.400. The molecule has 3 rings (SSSR count). The van der Waals surface area contributed by atoms with Crippen molar-refractivity contribution >= 4 is 23.2 Å². The zero-order valence-electron chi connectivity index (χ0n) is 15.7. The van der Waals surface area contributed by atoms with Crippen molar-refractivity contribution in [2.45, 2.75) is 51.6 Å². The van der Waals surface area contributed by atoms with Gasteiger partial charge in [-0.05, 0) is 49.9 Å². The van der Waals surface area contributed by atoms with Crippen LogP contribution in [-0.4, -0.2) is 23.0 Å². The maximum atomic E-state index is 14.6. The molecule has 0 aliphatic heterocycles. The average molecular weight is 371 g/mol. The number of primary amides is 1. The monoisotopic (exact) mass is 371 g/mol. The number of hydrogen-bond donors (Lipinski definition) is 4. The molecule has 0 radical (unpaired) electrons. The van der Waals surface area contributed by atoms with E-state index >= 15 is 0 Å². The molecule has 1 aromatic heterocycles. The van der Waals surface area contributed by atoms with Gasteiger partial charge in [-0.2, -0.15) is 0 Å². The van der Waals surface area contributed by atoms with Gasteiger partial charge in [-0.3, -0.25) is 4.79 Å². The van der Waals surface area contributed by atoms with Crippen LogP contribution in [0.15, 0.2) is 24.3 Å². The molecule has 1 fully saturated rings. The summed E-state index contributed by atoms with van der Waals surface area (Å²) in [6.45, 7) is 3.95. The van der Waals surface area contributed by atoms with Crippen molar-refractivity contribution in [3.8, 4) is 0 Å². The van der Waals surface area contributed by atoms with Crippen LogP contribution in [0, 0.1) is 19.7 Å². The minimum Gasteiger partial charge on any atom is -0.365 e. The molecule has 144 valence electrons. The standard InChI is InChI=1S/C20H26FN5O/c1-11-6-5-9-16(12(11)2)24-19-13(18(23)27)10-14(21)20(26-19)25-17-8-4-3-7-15(17)22/h5-6,9-10,15,17H,3-4,7-8,22H2,1-2H3,(H2,23,27)(H2,24,25,26)/t15-,17+/m0/s1. The van der Waals surface area contributed by atoms with Gasteiger partial charge in [0.05, 0.1) is 5.56 Å². The number of nitrogens with one attached hydrogen (secondary N) is 2. The Kier molecular flexibility index (Phi) is 5.60. The predicted molar refractivity (Wildman–Crippen MR) is 106 cm³/mol. The van der Waals surface area contributed by atoms with Gasteiger partial charge in [-0.15, -0.1) is 0 Å². The van der Waals surface area contributed by atoms with Gasteiger partial charge in [-0.25, -0.2) is 9.37 Å². The second-order valence-corrected chi connectivity index (χ2v) is 7.15. The number of amides is 1. The van der Waals surface area contributed by atoms with Crippen LogP contribution >= 0.6 is 0 Å². The second-order valence-electron chi connectivity index (χ2n) is 7.15. The molecule has 0 bridgehead atoms. The second kappa shape index (κ2) is 7.92. The van der Waals surface area contributed by atoms with Gasteiger partial charge < -0.3 is 22.1 Å². The van der Waals surface area contributed by atoms with Crippen molar-refractivity contribution < 1.29 is 9.18 Å². The molecule has 27 heavy (non-hydrogen) atoms. The van der Waals surface area contributed by atoms with E-state index < -0.39 is 11.7 Å². The summed E-state index contributed by atoms with van der Waals surface area (Å²) in [5.41, 5.74) is 14.5. The Morgan fingerprint density at radius 1 is 1.22 bits per heavy atom. The first-order valence-corrected chi connectivity index (χ1v) is 9.22. The number of halogens is 1. The van der Waals surface area contributed by atoms with Crippen LogP contribution in [0.5, 0.6) is 0 Å². The van der Waals surface area contributed by atoms with E-state index in [0.29, 0.717) is 0 Å². The molecule has 0 unspecified atom stereocenters. The lowest BCUT2D eigenvalue weighted by Crippen LogP contribution is -2.43. The SMILES string of the molecule is Cc1cccc(Nc2nc(N[C@@H]3CCCC[C@@H]3N)c(F)cc2C(N)=O)c1C. The summed E-state index contributed by atoms with van der Waals surface area (Å²) in [7, 11) is 0. The number of aryl methyl sites for hydroxylation is 1. The molecule has 1 heterocycles. The molecule has 1 aliphatic carbocycles. The van der Waals surface area contributed by atoms with Crippen molar-refractivity contribution in [2.75, 3.05) is 10.6 Å². The van der Waals surface area contributed by atoms with Crippen LogP contribution in [0.4, 0.5) is 21.7 Å². The Bertz CT molecular complexity index is 855. The lowest BCUT2D eigenvalue weighted by atomic mass is 9.91. The Labute approximate surface area is 158 Å². The highest BCUT2D eigenvalue weighted by atomic mass is 19.1. The van der Waals surface area contributed by atoms with E-state index in [4.69, 9.17) is 11.5 Å². The number of hydrogen-bond acceptors (Lipinski definition) is 5. The Morgan fingerprint density at radius 2 is 1.96 bits per heavy atom. The molecule has 2 aromatic rings. The average Bonchev–Trinajstić information content (AvgIpc) is 2.63. The van der Waals surface area contributed by atoms with E-state index in [9.17, 15) is 9.18 Å². The summed E-state index contributed by atoms with van der Waals surface area (Å²) in [5.74, 6) is -1.05. The zero-order chi connectivity index (χ0) is 19.6. The van der Waals surface area contributed by atoms with Gasteiger partial charge in [0.2, 0.25) is 0 Å². The maximum absolute atomic E-state index is 14.6. The highest BCUT2D eigenvalue weighted by Gasteiger charge is 2.24. The van der Waals surface area contributed by atoms with Gasteiger partial charge in [0.15, 0.2) is 11.6 Å². The quantitative estimate of drug-likeness (QED) is 0.645. The smallest absolute Gasteiger partial charge is 0.252 e. The molecular weight excluding hydrogens is 345 g/mol. The van der Waals surface area contributed by atoms with Crippen molar-refractivity contribution in [2.24, 2.45) is 11.5 Å². The molecule has 1 amide bonds. The topological polar surface area (TPSA) is 106 Å². The van der Waals surface area contributed by atoms with Crippen molar-refractivity contribution in [3.05, 3.63) is 46.8 Å². The van der Waals surface area contributed by atoms with Crippen LogP contribution < -0.4 is 22.1 Å². The Morgan fingerprint density at radius 3 is 2.67 bits per heavy atom. The van der Waals surface area contributed by atoms with Gasteiger partial charge in [-0.1, -0.05) is 25.0 Å². The largest absolute Gasteiger partial charge is 0.365 e. The number of pyridine rings is 1. The van der Waals surface area contributed by atoms with Crippen LogP contribution in [0.3, 0.4) is 0 Å². The molecule has 1 saturated carbocycles. The summed E-state index contributed by atoms with van der Waals surface area (Å²) in [6, 6.07) is 6.80. The summed E-state index contributed by atoms with van der Waals surface area (Å²) in [6.07, 6.45) is 3.88. The van der Waals surface area contributed by atoms with E-state index in [1.165, 1.54) is 0 Å². The number of nitrogens with zero attached hydrogens (tertiary/aromatic N) is 1. The first-order valence-electron chi connectivity index (χ1n) is 9.22. The summed E-state index contributed by atoms with van der Waals surface area (Å²) >= 11 is 0. The molecule has 2 atom stereocenters. The lowest BCUT2D eigenvalue weighted by molar-refractivity contribution is 0.100. The maximum Gasteiger partial charge on any atom is 0.252 e. The molecule has 6 N–H and O–H groups in total. The number of aromatic nitrogens is 1. The van der Waals surface area contributed by atoms with E-state index in [1.54, 1.807) is 0 Å². The molecular formula is C20H26FN5O. The third kappa shape index (κ3) is 4.19. The van der Waals surface area contributed by atoms with E-state index in [0.717, 1.165) is 48.6 Å². The molecule has 0 saturated heterocycles. The van der Waals surface area contributed by atoms with Crippen LogP contribution in [-0.2, 0) is 0 Å². The molecule has 0 spiro atoms. The third-order valence-corrected chi connectivity index (χ3v) is 5.24. The third-order valence-electron chi connectivity index (χ3n) is 5.24. The number of carbonyl (C=O) groups is 1. The highest BCUT2D eigenvalue weighted by Crippen LogP contribution is 2.28. The first kappa shape index (κ1) is 19.1. The highest BCUT2D eigenvalue weighted by molar-refractivity contribution is 5.98. The number of rotatable bonds is 5. The van der Waals surface area contributed by atoms with Crippen molar-refractivity contribution in [1.82, 2.24) is 4.98 Å². The molecule has 7 heteroatoms. The zero-order valence-corrected chi connectivity index (χ0v) is 15.7. The molecule has 1 aliphatic rings. The van der Waals surface area contributed by atoms with Gasteiger partial charge in [0.25, 0.3) is 5.91 Å². The van der Waals surface area contributed by atoms with Crippen molar-refractivity contribution in [1.29, 1.82) is 0 Å². The fourth-order valence-electron chi connectivity index (χ4n) is 3.40. The summed E-state index contributed by atoms with van der Waals surface area (Å²) in [4.78, 5) is 16.1. The summed E-state index contributed by atoms with van der Waals surface area (Å²) < 4.78 is 14.6. The first-order chi connectivity index (χ1) is 12.9. The Balaban J connectivity index is 1.95. The minimum atomic E-state index is -0.741. The van der Waals surface area contributed by atoms with E-state index in [2.05, 4.69) is 15.6 Å². The summed E-state index contributed by atoms with van der Waals surface area (Å²) in [5, 5.41) is 6.24. The van der Waals surface area contributed by atoms with Gasteiger partial charge >= 0.3 is 0 Å². The number of benzene rings is 1. The molecule has 1 aromatic carbocycles. The van der Waals surface area contributed by atoms with Crippen LogP contribution in [0.25, 0.3) is 0 Å². The van der Waals surface area contributed by atoms with E-state index in [-0.39, 0.29) is 29.3 Å². The fourth-order valence-corrected chi connectivity index (χ4v) is 3.40. The van der Waals surface area contributed by atoms with Gasteiger partial charge in [0.1, 0.15) is 5.82 Å². The number of anilines is 3. The minimum absolute atomic E-state index is 0.00639. The van der Waals surface area contributed by atoms with Gasteiger partial charge in [0, 0.05) is 17.8 Å². The molecule has 6 nitrogen and oxygen atoms in total. The normalized spacial score (nSPS) is 19.6. The number of carbonyl (C=O) groups excluding carboxylic acids is 1. The Hall–Kier alpha value is -2.67. The van der Waals surface area contributed by atoms with Crippen molar-refractivity contribution in [3.63, 3.8) is 0 Å². The lowest BCUT2D eigenvalue weighted by Gasteiger charge is -2.30.